The van der Waals surface area contributed by atoms with E-state index in [0.717, 1.165) is 18.4 Å². The summed E-state index contributed by atoms with van der Waals surface area (Å²) in [6.07, 6.45) is 1.76. The predicted molar refractivity (Wildman–Crippen MR) is 95.0 cm³/mol. The third-order valence-electron chi connectivity index (χ3n) is 4.05. The van der Waals surface area contributed by atoms with Crippen molar-refractivity contribution in [2.45, 2.75) is 24.3 Å². The lowest BCUT2D eigenvalue weighted by molar-refractivity contribution is 0.0472. The van der Waals surface area contributed by atoms with Gasteiger partial charge in [0.05, 0.1) is 10.5 Å². The molecule has 3 rings (SSSR count). The molecule has 0 unspecified atom stereocenters. The minimum absolute atomic E-state index is 0.104. The Labute approximate surface area is 152 Å². The predicted octanol–water partition coefficient (Wildman–Crippen LogP) is 3.48. The van der Waals surface area contributed by atoms with Gasteiger partial charge in [-0.2, -0.15) is 4.31 Å². The Morgan fingerprint density at radius 1 is 1.08 bits per heavy atom. The first-order chi connectivity index (χ1) is 12.0. The summed E-state index contributed by atoms with van der Waals surface area (Å²) < 4.78 is 31.6. The first-order valence-electron chi connectivity index (χ1n) is 7.98. The number of sulfonamides is 1. The van der Waals surface area contributed by atoms with Crippen molar-refractivity contribution in [1.82, 2.24) is 4.31 Å². The second-order valence-corrected chi connectivity index (χ2v) is 8.22. The van der Waals surface area contributed by atoms with Gasteiger partial charge in [0.1, 0.15) is 6.61 Å². The molecule has 1 saturated heterocycles. The average molecular weight is 380 g/mol. The summed E-state index contributed by atoms with van der Waals surface area (Å²) in [5, 5.41) is 0.574. The summed E-state index contributed by atoms with van der Waals surface area (Å²) in [6, 6.07) is 12.9. The van der Waals surface area contributed by atoms with Crippen LogP contribution in [0.25, 0.3) is 0 Å². The highest BCUT2D eigenvalue weighted by Crippen LogP contribution is 2.21. The molecule has 132 valence electrons. The summed E-state index contributed by atoms with van der Waals surface area (Å²) in [5.74, 6) is -0.509. The number of benzene rings is 2. The Morgan fingerprint density at radius 2 is 1.76 bits per heavy atom. The number of carbonyl (C=O) groups excluding carboxylic acids is 1. The zero-order chi connectivity index (χ0) is 17.9. The highest BCUT2D eigenvalue weighted by atomic mass is 35.5. The fraction of sp³-hybridized carbons (Fsp3) is 0.278. The second kappa shape index (κ2) is 7.56. The van der Waals surface area contributed by atoms with Crippen molar-refractivity contribution in [3.8, 4) is 0 Å². The molecule has 0 aromatic heterocycles. The minimum atomic E-state index is -3.47. The van der Waals surface area contributed by atoms with Crippen LogP contribution in [0.4, 0.5) is 0 Å². The number of ether oxygens (including phenoxy) is 1. The third-order valence-corrected chi connectivity index (χ3v) is 6.20. The Kier molecular flexibility index (Phi) is 5.42. The van der Waals surface area contributed by atoms with E-state index in [1.165, 1.54) is 28.6 Å². The van der Waals surface area contributed by atoms with Gasteiger partial charge in [-0.05, 0) is 54.8 Å². The van der Waals surface area contributed by atoms with E-state index in [-0.39, 0.29) is 11.5 Å². The second-order valence-electron chi connectivity index (χ2n) is 5.84. The highest BCUT2D eigenvalue weighted by molar-refractivity contribution is 7.89. The molecule has 1 aliphatic rings. The van der Waals surface area contributed by atoms with E-state index >= 15 is 0 Å². The molecule has 0 bridgehead atoms. The molecule has 0 atom stereocenters. The number of nitrogens with zero attached hydrogens (tertiary/aromatic N) is 1. The van der Waals surface area contributed by atoms with E-state index in [1.807, 2.05) is 6.07 Å². The van der Waals surface area contributed by atoms with Gasteiger partial charge >= 0.3 is 5.97 Å². The normalized spacial score (nSPS) is 15.2. The maximum atomic E-state index is 12.5. The van der Waals surface area contributed by atoms with Crippen LogP contribution in [0.15, 0.2) is 53.4 Å². The largest absolute Gasteiger partial charge is 0.457 e. The molecule has 0 radical (unpaired) electrons. The van der Waals surface area contributed by atoms with Crippen molar-refractivity contribution in [3.63, 3.8) is 0 Å². The van der Waals surface area contributed by atoms with E-state index in [9.17, 15) is 13.2 Å². The SMILES string of the molecule is O=C(OCc1cccc(Cl)c1)c1ccc(S(=O)(=O)N2CCCC2)cc1. The standard InChI is InChI=1S/C18H18ClNO4S/c19-16-5-3-4-14(12-16)13-24-18(21)15-6-8-17(9-7-15)25(22,23)20-10-1-2-11-20/h3-9,12H,1-2,10-11,13H2. The summed E-state index contributed by atoms with van der Waals surface area (Å²) >= 11 is 5.89. The van der Waals surface area contributed by atoms with Crippen LogP contribution in [0.3, 0.4) is 0 Å². The zero-order valence-electron chi connectivity index (χ0n) is 13.5. The molecule has 0 spiro atoms. The molecule has 1 fully saturated rings. The van der Waals surface area contributed by atoms with Crippen LogP contribution in [-0.2, 0) is 21.4 Å². The number of esters is 1. The quantitative estimate of drug-likeness (QED) is 0.746. The minimum Gasteiger partial charge on any atom is -0.457 e. The number of halogens is 1. The summed E-state index contributed by atoms with van der Waals surface area (Å²) in [5.41, 5.74) is 1.09. The topological polar surface area (TPSA) is 63.7 Å². The van der Waals surface area contributed by atoms with E-state index in [1.54, 1.807) is 18.2 Å². The number of hydrogen-bond acceptors (Lipinski definition) is 4. The molecule has 2 aromatic rings. The molecule has 1 heterocycles. The average Bonchev–Trinajstić information content (AvgIpc) is 3.15. The van der Waals surface area contributed by atoms with Crippen molar-refractivity contribution in [3.05, 3.63) is 64.7 Å². The van der Waals surface area contributed by atoms with Gasteiger partial charge in [-0.1, -0.05) is 23.7 Å². The first-order valence-corrected chi connectivity index (χ1v) is 9.80. The number of carbonyl (C=O) groups is 1. The van der Waals surface area contributed by atoms with Gasteiger partial charge in [0.15, 0.2) is 0 Å². The van der Waals surface area contributed by atoms with Gasteiger partial charge < -0.3 is 4.74 Å². The van der Waals surface area contributed by atoms with E-state index in [0.29, 0.717) is 23.7 Å². The maximum absolute atomic E-state index is 12.5. The fourth-order valence-corrected chi connectivity index (χ4v) is 4.43. The van der Waals surface area contributed by atoms with Crippen molar-refractivity contribution in [1.29, 1.82) is 0 Å². The van der Waals surface area contributed by atoms with Crippen LogP contribution in [0.1, 0.15) is 28.8 Å². The third kappa shape index (κ3) is 4.21. The van der Waals surface area contributed by atoms with Gasteiger partial charge in [0.25, 0.3) is 0 Å². The van der Waals surface area contributed by atoms with Crippen LogP contribution in [0, 0.1) is 0 Å². The molecular formula is C18H18ClNO4S. The van der Waals surface area contributed by atoms with Gasteiger partial charge in [0.2, 0.25) is 10.0 Å². The van der Waals surface area contributed by atoms with Crippen molar-refractivity contribution in [2.24, 2.45) is 0 Å². The molecule has 0 amide bonds. The fourth-order valence-electron chi connectivity index (χ4n) is 2.70. The van der Waals surface area contributed by atoms with E-state index in [4.69, 9.17) is 16.3 Å². The monoisotopic (exact) mass is 379 g/mol. The van der Waals surface area contributed by atoms with Crippen LogP contribution in [-0.4, -0.2) is 31.8 Å². The van der Waals surface area contributed by atoms with E-state index in [2.05, 4.69) is 0 Å². The summed E-state index contributed by atoms with van der Waals surface area (Å²) in [7, 11) is -3.47. The van der Waals surface area contributed by atoms with Crippen molar-refractivity contribution >= 4 is 27.6 Å². The van der Waals surface area contributed by atoms with Gasteiger partial charge in [-0.15, -0.1) is 0 Å². The molecule has 0 N–H and O–H groups in total. The zero-order valence-corrected chi connectivity index (χ0v) is 15.1. The number of hydrogen-bond donors (Lipinski definition) is 0. The van der Waals surface area contributed by atoms with Crippen LogP contribution < -0.4 is 0 Å². The van der Waals surface area contributed by atoms with Crippen LogP contribution >= 0.6 is 11.6 Å². The first kappa shape index (κ1) is 17.9. The number of rotatable bonds is 5. The van der Waals surface area contributed by atoms with Crippen molar-refractivity contribution < 1.29 is 17.9 Å². The molecule has 25 heavy (non-hydrogen) atoms. The summed E-state index contributed by atoms with van der Waals surface area (Å²) in [6.45, 7) is 1.20. The van der Waals surface area contributed by atoms with Gasteiger partial charge in [-0.25, -0.2) is 13.2 Å². The van der Waals surface area contributed by atoms with Gasteiger partial charge in [-0.3, -0.25) is 0 Å². The lowest BCUT2D eigenvalue weighted by atomic mass is 10.2. The van der Waals surface area contributed by atoms with Crippen molar-refractivity contribution in [2.75, 3.05) is 13.1 Å². The molecule has 5 nitrogen and oxygen atoms in total. The van der Waals surface area contributed by atoms with Crippen LogP contribution in [0.2, 0.25) is 5.02 Å². The van der Waals surface area contributed by atoms with Crippen LogP contribution in [0.5, 0.6) is 0 Å². The molecular weight excluding hydrogens is 362 g/mol. The Morgan fingerprint density at radius 3 is 2.40 bits per heavy atom. The lowest BCUT2D eigenvalue weighted by Gasteiger charge is -2.15. The maximum Gasteiger partial charge on any atom is 0.338 e. The smallest absolute Gasteiger partial charge is 0.338 e. The molecule has 7 heteroatoms. The Bertz CT molecular complexity index is 859. The molecule has 2 aromatic carbocycles. The van der Waals surface area contributed by atoms with Gasteiger partial charge in [0, 0.05) is 18.1 Å². The molecule has 0 aliphatic carbocycles. The lowest BCUT2D eigenvalue weighted by Crippen LogP contribution is -2.27. The Balaban J connectivity index is 1.66. The Hall–Kier alpha value is -1.89. The summed E-state index contributed by atoms with van der Waals surface area (Å²) in [4.78, 5) is 12.3. The highest BCUT2D eigenvalue weighted by Gasteiger charge is 2.27. The molecule has 1 aliphatic heterocycles. The van der Waals surface area contributed by atoms with E-state index < -0.39 is 16.0 Å². The molecule has 0 saturated carbocycles.